The minimum absolute atomic E-state index is 0.0387. The number of likely N-dealkylation sites (tertiary alicyclic amines) is 1. The second kappa shape index (κ2) is 8.10. The van der Waals surface area contributed by atoms with Crippen molar-refractivity contribution in [1.29, 1.82) is 0 Å². The lowest BCUT2D eigenvalue weighted by Crippen LogP contribution is -2.39. The molecule has 0 unspecified atom stereocenters. The van der Waals surface area contributed by atoms with Gasteiger partial charge in [0, 0.05) is 31.3 Å². The summed E-state index contributed by atoms with van der Waals surface area (Å²) in [4.78, 5) is 26.7. The predicted molar refractivity (Wildman–Crippen MR) is 100 cm³/mol. The van der Waals surface area contributed by atoms with Gasteiger partial charge in [0.15, 0.2) is 0 Å². The number of halogens is 1. The SMILES string of the molecule is O=C(Nc1ccnn1C1CCN(C(=O)c2ccc(F)cc2)CC1)[C@H]1CCOC1. The summed E-state index contributed by atoms with van der Waals surface area (Å²) in [5.41, 5.74) is 0.491. The molecule has 1 atom stereocenters. The minimum Gasteiger partial charge on any atom is -0.381 e. The summed E-state index contributed by atoms with van der Waals surface area (Å²) in [6.45, 7) is 2.26. The van der Waals surface area contributed by atoms with Crippen LogP contribution in [0.1, 0.15) is 35.7 Å². The highest BCUT2D eigenvalue weighted by Gasteiger charge is 2.28. The van der Waals surface area contributed by atoms with Crippen LogP contribution in [0.3, 0.4) is 0 Å². The average molecular weight is 386 g/mol. The first-order chi connectivity index (χ1) is 13.6. The van der Waals surface area contributed by atoms with Crippen molar-refractivity contribution in [3.63, 3.8) is 0 Å². The van der Waals surface area contributed by atoms with Gasteiger partial charge in [0.25, 0.3) is 5.91 Å². The maximum atomic E-state index is 13.1. The maximum Gasteiger partial charge on any atom is 0.253 e. The molecule has 7 nitrogen and oxygen atoms in total. The first-order valence-electron chi connectivity index (χ1n) is 9.59. The number of ether oxygens (including phenoxy) is 1. The molecule has 0 radical (unpaired) electrons. The monoisotopic (exact) mass is 386 g/mol. The van der Waals surface area contributed by atoms with Gasteiger partial charge in [-0.3, -0.25) is 9.59 Å². The zero-order valence-electron chi connectivity index (χ0n) is 15.5. The molecule has 2 saturated heterocycles. The van der Waals surface area contributed by atoms with Crippen molar-refractivity contribution in [2.45, 2.75) is 25.3 Å². The molecule has 28 heavy (non-hydrogen) atoms. The maximum absolute atomic E-state index is 13.1. The first kappa shape index (κ1) is 18.6. The molecule has 0 aliphatic carbocycles. The van der Waals surface area contributed by atoms with Gasteiger partial charge in [-0.25, -0.2) is 9.07 Å². The van der Waals surface area contributed by atoms with Gasteiger partial charge in [-0.1, -0.05) is 0 Å². The normalized spacial score (nSPS) is 20.3. The molecule has 2 aliphatic heterocycles. The zero-order valence-corrected chi connectivity index (χ0v) is 15.5. The highest BCUT2D eigenvalue weighted by atomic mass is 19.1. The van der Waals surface area contributed by atoms with E-state index in [9.17, 15) is 14.0 Å². The van der Waals surface area contributed by atoms with Crippen LogP contribution in [-0.4, -0.2) is 52.8 Å². The van der Waals surface area contributed by atoms with Crippen molar-refractivity contribution in [3.8, 4) is 0 Å². The fraction of sp³-hybridized carbons (Fsp3) is 0.450. The summed E-state index contributed by atoms with van der Waals surface area (Å²) in [6.07, 6.45) is 3.90. The third kappa shape index (κ3) is 3.91. The number of piperidine rings is 1. The second-order valence-electron chi connectivity index (χ2n) is 7.24. The van der Waals surface area contributed by atoms with Crippen LogP contribution in [0.15, 0.2) is 36.5 Å². The van der Waals surface area contributed by atoms with Crippen molar-refractivity contribution in [2.24, 2.45) is 5.92 Å². The number of aromatic nitrogens is 2. The standard InChI is InChI=1S/C20H23FN4O3/c21-16-3-1-14(2-4-16)20(27)24-10-6-17(7-11-24)25-18(5-9-22-25)23-19(26)15-8-12-28-13-15/h1-5,9,15,17H,6-8,10-13H2,(H,23,26)/t15-/m0/s1. The van der Waals surface area contributed by atoms with E-state index in [1.165, 1.54) is 24.3 Å². The van der Waals surface area contributed by atoms with Crippen LogP contribution in [0, 0.1) is 11.7 Å². The first-order valence-corrected chi connectivity index (χ1v) is 9.59. The Kier molecular flexibility index (Phi) is 5.38. The van der Waals surface area contributed by atoms with Crippen molar-refractivity contribution in [3.05, 3.63) is 47.9 Å². The van der Waals surface area contributed by atoms with E-state index in [1.54, 1.807) is 17.2 Å². The fourth-order valence-corrected chi connectivity index (χ4v) is 3.76. The Morgan fingerprint density at radius 3 is 2.54 bits per heavy atom. The Morgan fingerprint density at radius 1 is 1.11 bits per heavy atom. The van der Waals surface area contributed by atoms with Gasteiger partial charge in [0.2, 0.25) is 5.91 Å². The molecule has 2 amide bonds. The second-order valence-corrected chi connectivity index (χ2v) is 7.24. The number of nitrogens with zero attached hydrogens (tertiary/aromatic N) is 3. The van der Waals surface area contributed by atoms with Gasteiger partial charge >= 0.3 is 0 Å². The molecule has 0 saturated carbocycles. The summed E-state index contributed by atoms with van der Waals surface area (Å²) in [7, 11) is 0. The van der Waals surface area contributed by atoms with Gasteiger partial charge in [0.05, 0.1) is 24.8 Å². The molecule has 148 valence electrons. The molecule has 2 aliphatic rings. The van der Waals surface area contributed by atoms with E-state index in [4.69, 9.17) is 4.74 Å². The number of hydrogen-bond donors (Lipinski definition) is 1. The van der Waals surface area contributed by atoms with Crippen LogP contribution in [0.4, 0.5) is 10.2 Å². The van der Waals surface area contributed by atoms with Crippen LogP contribution in [0.5, 0.6) is 0 Å². The third-order valence-electron chi connectivity index (χ3n) is 5.41. The molecular weight excluding hydrogens is 363 g/mol. The van der Waals surface area contributed by atoms with E-state index in [0.29, 0.717) is 37.7 Å². The Labute approximate surface area is 162 Å². The lowest BCUT2D eigenvalue weighted by atomic mass is 10.0. The summed E-state index contributed by atoms with van der Waals surface area (Å²) in [5.74, 6) is 0.0864. The minimum atomic E-state index is -0.354. The van der Waals surface area contributed by atoms with Crippen molar-refractivity contribution >= 4 is 17.6 Å². The molecule has 2 fully saturated rings. The van der Waals surface area contributed by atoms with Crippen molar-refractivity contribution in [1.82, 2.24) is 14.7 Å². The van der Waals surface area contributed by atoms with Gasteiger partial charge in [-0.2, -0.15) is 5.10 Å². The molecular formula is C20H23FN4O3. The summed E-state index contributed by atoms with van der Waals surface area (Å²) in [6, 6.07) is 7.53. The smallest absolute Gasteiger partial charge is 0.253 e. The van der Waals surface area contributed by atoms with E-state index in [1.807, 2.05) is 4.68 Å². The molecule has 1 N–H and O–H groups in total. The van der Waals surface area contributed by atoms with E-state index in [0.717, 1.165) is 19.3 Å². The quantitative estimate of drug-likeness (QED) is 0.876. The molecule has 3 heterocycles. The van der Waals surface area contributed by atoms with E-state index >= 15 is 0 Å². The molecule has 1 aromatic carbocycles. The number of amides is 2. The van der Waals surface area contributed by atoms with Gasteiger partial charge in [-0.05, 0) is 43.5 Å². The van der Waals surface area contributed by atoms with Crippen LogP contribution >= 0.6 is 0 Å². The Morgan fingerprint density at radius 2 is 1.86 bits per heavy atom. The summed E-state index contributed by atoms with van der Waals surface area (Å²) < 4.78 is 20.2. The highest BCUT2D eigenvalue weighted by Crippen LogP contribution is 2.27. The van der Waals surface area contributed by atoms with Gasteiger partial charge in [0.1, 0.15) is 11.6 Å². The zero-order chi connectivity index (χ0) is 19.5. The topological polar surface area (TPSA) is 76.5 Å². The lowest BCUT2D eigenvalue weighted by molar-refractivity contribution is -0.119. The summed E-state index contributed by atoms with van der Waals surface area (Å²) >= 11 is 0. The van der Waals surface area contributed by atoms with Crippen LogP contribution in [0.25, 0.3) is 0 Å². The van der Waals surface area contributed by atoms with Crippen molar-refractivity contribution < 1.29 is 18.7 Å². The Bertz CT molecular complexity index is 837. The van der Waals surface area contributed by atoms with Crippen LogP contribution in [0.2, 0.25) is 0 Å². The predicted octanol–water partition coefficient (Wildman–Crippen LogP) is 2.47. The largest absolute Gasteiger partial charge is 0.381 e. The van der Waals surface area contributed by atoms with E-state index in [-0.39, 0.29) is 29.6 Å². The van der Waals surface area contributed by atoms with Crippen LogP contribution < -0.4 is 5.32 Å². The summed E-state index contributed by atoms with van der Waals surface area (Å²) in [5, 5.41) is 7.34. The molecule has 0 spiro atoms. The number of anilines is 1. The van der Waals surface area contributed by atoms with E-state index < -0.39 is 0 Å². The number of hydrogen-bond acceptors (Lipinski definition) is 4. The highest BCUT2D eigenvalue weighted by molar-refractivity contribution is 5.94. The number of rotatable bonds is 4. The van der Waals surface area contributed by atoms with E-state index in [2.05, 4.69) is 10.4 Å². The number of carbonyl (C=O) groups is 2. The average Bonchev–Trinajstić information content (AvgIpc) is 3.40. The van der Waals surface area contributed by atoms with Gasteiger partial charge < -0.3 is 15.0 Å². The molecule has 8 heteroatoms. The number of benzene rings is 1. The Balaban J connectivity index is 1.36. The number of carbonyl (C=O) groups excluding carboxylic acids is 2. The molecule has 1 aromatic heterocycles. The molecule has 0 bridgehead atoms. The Hall–Kier alpha value is -2.74. The van der Waals surface area contributed by atoms with Crippen LogP contribution in [-0.2, 0) is 9.53 Å². The third-order valence-corrected chi connectivity index (χ3v) is 5.41. The van der Waals surface area contributed by atoms with Gasteiger partial charge in [-0.15, -0.1) is 0 Å². The molecule has 2 aromatic rings. The van der Waals surface area contributed by atoms with Crippen molar-refractivity contribution in [2.75, 3.05) is 31.6 Å². The lowest BCUT2D eigenvalue weighted by Gasteiger charge is -2.33. The number of nitrogens with one attached hydrogen (secondary N) is 1. The fourth-order valence-electron chi connectivity index (χ4n) is 3.76. The molecule has 4 rings (SSSR count).